The molecule has 0 fully saturated rings. The van der Waals surface area contributed by atoms with Crippen molar-refractivity contribution in [3.8, 4) is 5.75 Å². The van der Waals surface area contributed by atoms with Crippen LogP contribution < -0.4 is 10.1 Å². The maximum Gasteiger partial charge on any atom is 0.242 e. The molecule has 5 heteroatoms. The molecule has 0 spiro atoms. The van der Waals surface area contributed by atoms with Crippen LogP contribution in [0.4, 0.5) is 0 Å². The van der Waals surface area contributed by atoms with Gasteiger partial charge >= 0.3 is 0 Å². The predicted molar refractivity (Wildman–Crippen MR) is 107 cm³/mol. The summed E-state index contributed by atoms with van der Waals surface area (Å²) in [7, 11) is 3.19. The van der Waals surface area contributed by atoms with Gasteiger partial charge in [-0.05, 0) is 55.2 Å². The number of nitrogens with zero attached hydrogens (tertiary/aromatic N) is 1. The fraction of sp³-hybridized carbons (Fsp3) is 0.364. The largest absolute Gasteiger partial charge is 0.497 e. The molecule has 0 bridgehead atoms. The van der Waals surface area contributed by atoms with Crippen molar-refractivity contribution in [1.82, 2.24) is 10.2 Å². The molecule has 0 aliphatic rings. The number of methoxy groups -OCH3 is 1. The second-order valence-corrected chi connectivity index (χ2v) is 6.76. The molecule has 0 saturated heterocycles. The van der Waals surface area contributed by atoms with Crippen LogP contribution in [0, 0.1) is 13.8 Å². The average molecular weight is 368 g/mol. The van der Waals surface area contributed by atoms with Gasteiger partial charge in [0.2, 0.25) is 11.8 Å². The van der Waals surface area contributed by atoms with Crippen molar-refractivity contribution < 1.29 is 14.3 Å². The van der Waals surface area contributed by atoms with Gasteiger partial charge in [-0.15, -0.1) is 0 Å². The van der Waals surface area contributed by atoms with Crippen molar-refractivity contribution in [2.75, 3.05) is 14.2 Å². The van der Waals surface area contributed by atoms with Crippen LogP contribution in [-0.2, 0) is 22.6 Å². The van der Waals surface area contributed by atoms with Gasteiger partial charge in [0.1, 0.15) is 11.8 Å². The Morgan fingerprint density at radius 2 is 1.81 bits per heavy atom. The first-order valence-electron chi connectivity index (χ1n) is 9.05. The predicted octanol–water partition coefficient (Wildman–Crippen LogP) is 3.02. The third-order valence-corrected chi connectivity index (χ3v) is 4.83. The monoisotopic (exact) mass is 368 g/mol. The minimum Gasteiger partial charge on any atom is -0.497 e. The van der Waals surface area contributed by atoms with Gasteiger partial charge in [0.05, 0.1) is 13.5 Å². The molecule has 0 radical (unpaired) electrons. The van der Waals surface area contributed by atoms with E-state index in [1.165, 1.54) is 5.56 Å². The number of carbonyl (C=O) groups excluding carboxylic acids is 2. The van der Waals surface area contributed by atoms with E-state index in [1.807, 2.05) is 56.3 Å². The number of benzene rings is 2. The fourth-order valence-electron chi connectivity index (χ4n) is 2.95. The van der Waals surface area contributed by atoms with Crippen molar-refractivity contribution in [2.24, 2.45) is 0 Å². The molecule has 0 aliphatic heterocycles. The van der Waals surface area contributed by atoms with Crippen molar-refractivity contribution in [2.45, 2.75) is 39.8 Å². The van der Waals surface area contributed by atoms with Crippen LogP contribution in [0.25, 0.3) is 0 Å². The van der Waals surface area contributed by atoms with Gasteiger partial charge in [0, 0.05) is 13.6 Å². The van der Waals surface area contributed by atoms with E-state index < -0.39 is 6.04 Å². The fourth-order valence-corrected chi connectivity index (χ4v) is 2.95. The third kappa shape index (κ3) is 5.33. The molecule has 144 valence electrons. The highest BCUT2D eigenvalue weighted by atomic mass is 16.5. The normalized spacial score (nSPS) is 11.6. The zero-order valence-electron chi connectivity index (χ0n) is 16.7. The topological polar surface area (TPSA) is 58.6 Å². The van der Waals surface area contributed by atoms with E-state index in [0.29, 0.717) is 6.54 Å². The molecule has 0 aliphatic carbocycles. The van der Waals surface area contributed by atoms with Gasteiger partial charge in [-0.1, -0.05) is 30.3 Å². The number of likely N-dealkylation sites (N-methyl/N-ethyl adjacent to an activating group) is 1. The van der Waals surface area contributed by atoms with E-state index in [0.717, 1.165) is 22.4 Å². The summed E-state index contributed by atoms with van der Waals surface area (Å²) in [5.41, 5.74) is 4.21. The minimum absolute atomic E-state index is 0.0860. The lowest BCUT2D eigenvalue weighted by Crippen LogP contribution is -2.47. The maximum atomic E-state index is 13.0. The van der Waals surface area contributed by atoms with E-state index >= 15 is 0 Å². The Labute approximate surface area is 161 Å². The lowest BCUT2D eigenvalue weighted by molar-refractivity contribution is -0.139. The van der Waals surface area contributed by atoms with E-state index in [9.17, 15) is 9.59 Å². The number of ether oxygens (including phenoxy) is 1. The highest BCUT2D eigenvalue weighted by Crippen LogP contribution is 2.18. The quantitative estimate of drug-likeness (QED) is 0.817. The van der Waals surface area contributed by atoms with Crippen molar-refractivity contribution in [3.05, 3.63) is 64.7 Å². The summed E-state index contributed by atoms with van der Waals surface area (Å²) in [4.78, 5) is 26.9. The van der Waals surface area contributed by atoms with Crippen LogP contribution in [0.1, 0.15) is 29.2 Å². The first kappa shape index (κ1) is 20.5. The minimum atomic E-state index is -0.569. The van der Waals surface area contributed by atoms with Crippen LogP contribution in [-0.4, -0.2) is 36.9 Å². The number of aryl methyl sites for hydroxylation is 2. The number of carbonyl (C=O) groups is 2. The van der Waals surface area contributed by atoms with Crippen molar-refractivity contribution in [3.63, 3.8) is 0 Å². The SMILES string of the molecule is CNC(=O)C(C)N(Cc1cccc(OC)c1)C(=O)Cc1ccc(C)c(C)c1. The lowest BCUT2D eigenvalue weighted by atomic mass is 10.0. The molecular weight excluding hydrogens is 340 g/mol. The Balaban J connectivity index is 2.26. The van der Waals surface area contributed by atoms with Crippen LogP contribution in [0.15, 0.2) is 42.5 Å². The van der Waals surface area contributed by atoms with Gasteiger partial charge in [-0.25, -0.2) is 0 Å². The zero-order chi connectivity index (χ0) is 20.0. The number of rotatable bonds is 7. The number of hydrogen-bond acceptors (Lipinski definition) is 3. The molecule has 1 N–H and O–H groups in total. The summed E-state index contributed by atoms with van der Waals surface area (Å²) in [6.45, 7) is 6.17. The highest BCUT2D eigenvalue weighted by Gasteiger charge is 2.25. The van der Waals surface area contributed by atoms with E-state index in [2.05, 4.69) is 5.32 Å². The van der Waals surface area contributed by atoms with E-state index in [1.54, 1.807) is 26.0 Å². The molecule has 5 nitrogen and oxygen atoms in total. The smallest absolute Gasteiger partial charge is 0.242 e. The molecular formula is C22H28N2O3. The van der Waals surface area contributed by atoms with Gasteiger partial charge in [0.25, 0.3) is 0 Å². The number of nitrogens with one attached hydrogen (secondary N) is 1. The summed E-state index contributed by atoms with van der Waals surface area (Å²) in [6.07, 6.45) is 0.256. The molecule has 2 amide bonds. The van der Waals surface area contributed by atoms with Crippen LogP contribution in [0.5, 0.6) is 5.75 Å². The molecule has 0 saturated carbocycles. The van der Waals surface area contributed by atoms with Gasteiger partial charge < -0.3 is 15.0 Å². The molecule has 2 aromatic rings. The number of hydrogen-bond donors (Lipinski definition) is 1. The van der Waals surface area contributed by atoms with E-state index in [4.69, 9.17) is 4.74 Å². The number of amides is 2. The van der Waals surface area contributed by atoms with Crippen LogP contribution in [0.3, 0.4) is 0 Å². The Bertz CT molecular complexity index is 817. The summed E-state index contributed by atoms with van der Waals surface area (Å²) in [6, 6.07) is 13.0. The molecule has 27 heavy (non-hydrogen) atoms. The van der Waals surface area contributed by atoms with Gasteiger partial charge in [0.15, 0.2) is 0 Å². The van der Waals surface area contributed by atoms with Crippen molar-refractivity contribution >= 4 is 11.8 Å². The second kappa shape index (κ2) is 9.21. The lowest BCUT2D eigenvalue weighted by Gasteiger charge is -2.28. The molecule has 2 aromatic carbocycles. The van der Waals surface area contributed by atoms with Crippen LogP contribution >= 0.6 is 0 Å². The molecule has 1 atom stereocenters. The summed E-state index contributed by atoms with van der Waals surface area (Å²) in [5, 5.41) is 2.63. The Hall–Kier alpha value is -2.82. The molecule has 0 heterocycles. The van der Waals surface area contributed by atoms with Gasteiger partial charge in [-0.3, -0.25) is 9.59 Å². The Morgan fingerprint density at radius 1 is 1.07 bits per heavy atom. The first-order chi connectivity index (χ1) is 12.8. The molecule has 0 aromatic heterocycles. The zero-order valence-corrected chi connectivity index (χ0v) is 16.7. The summed E-state index contributed by atoms with van der Waals surface area (Å²) < 4.78 is 5.26. The first-order valence-corrected chi connectivity index (χ1v) is 9.05. The Morgan fingerprint density at radius 3 is 2.44 bits per heavy atom. The Kier molecular flexibility index (Phi) is 6.99. The standard InChI is InChI=1S/C22H28N2O3/c1-15-9-10-18(11-16(15)2)13-21(25)24(17(3)22(26)23-4)14-19-7-6-8-20(12-19)27-5/h6-12,17H,13-14H2,1-5H3,(H,23,26). The maximum absolute atomic E-state index is 13.0. The average Bonchev–Trinajstić information content (AvgIpc) is 2.67. The third-order valence-electron chi connectivity index (χ3n) is 4.83. The van der Waals surface area contributed by atoms with E-state index in [-0.39, 0.29) is 18.2 Å². The van der Waals surface area contributed by atoms with Crippen molar-refractivity contribution in [1.29, 1.82) is 0 Å². The summed E-state index contributed by atoms with van der Waals surface area (Å²) in [5.74, 6) is 0.449. The highest BCUT2D eigenvalue weighted by molar-refractivity contribution is 5.88. The van der Waals surface area contributed by atoms with Crippen LogP contribution in [0.2, 0.25) is 0 Å². The second-order valence-electron chi connectivity index (χ2n) is 6.76. The van der Waals surface area contributed by atoms with Gasteiger partial charge in [-0.2, -0.15) is 0 Å². The molecule has 1 unspecified atom stereocenters. The summed E-state index contributed by atoms with van der Waals surface area (Å²) >= 11 is 0. The molecule has 2 rings (SSSR count).